The predicted molar refractivity (Wildman–Crippen MR) is 111 cm³/mol. The van der Waals surface area contributed by atoms with Gasteiger partial charge in [-0.1, -0.05) is 41.4 Å². The number of carbonyl (C=O) groups is 1. The average molecular weight is 418 g/mol. The van der Waals surface area contributed by atoms with Gasteiger partial charge in [0.2, 0.25) is 5.91 Å². The smallest absolute Gasteiger partial charge is 0.249 e. The van der Waals surface area contributed by atoms with Gasteiger partial charge in [-0.2, -0.15) is 0 Å². The highest BCUT2D eigenvalue weighted by Crippen LogP contribution is 2.27. The van der Waals surface area contributed by atoms with Gasteiger partial charge in [0, 0.05) is 35.2 Å². The number of nitrogens with zero attached hydrogens (tertiary/aromatic N) is 2. The molecule has 0 spiro atoms. The van der Waals surface area contributed by atoms with Crippen molar-refractivity contribution < 1.29 is 9.53 Å². The first-order valence-corrected chi connectivity index (χ1v) is 10.2. The molecule has 1 atom stereocenters. The summed E-state index contributed by atoms with van der Waals surface area (Å²) in [6, 6.07) is 13.5. The molecule has 1 N–H and O–H groups in total. The van der Waals surface area contributed by atoms with E-state index < -0.39 is 0 Å². The van der Waals surface area contributed by atoms with Crippen LogP contribution in [0, 0.1) is 0 Å². The summed E-state index contributed by atoms with van der Waals surface area (Å²) >= 11 is 12.8. The van der Waals surface area contributed by atoms with Gasteiger partial charge in [0.25, 0.3) is 0 Å². The minimum Gasteiger partial charge on any atom is -0.368 e. The number of benzene rings is 2. The number of carbonyl (C=O) groups excluding carboxylic acids is 1. The first kappa shape index (κ1) is 19.2. The molecule has 2 aromatic carbocycles. The number of fused-ring (bicyclic) bond motifs is 1. The number of halogens is 2. The monoisotopic (exact) mass is 417 g/mol. The van der Waals surface area contributed by atoms with Gasteiger partial charge in [0.15, 0.2) is 0 Å². The standard InChI is InChI=1S/C21H21Cl2N3O2/c22-15-5-3-6-16(23)14(15)13-26-18-8-2-1-7-17(18)25-20(26)10-11-24-21(27)19-9-4-12-28-19/h1-3,5-8,19H,4,9-13H2,(H,24,27). The lowest BCUT2D eigenvalue weighted by atomic mass is 10.2. The second-order valence-electron chi connectivity index (χ2n) is 6.85. The summed E-state index contributed by atoms with van der Waals surface area (Å²) in [6.45, 7) is 1.68. The van der Waals surface area contributed by atoms with Crippen molar-refractivity contribution >= 4 is 40.1 Å². The van der Waals surface area contributed by atoms with Crippen molar-refractivity contribution in [2.45, 2.75) is 31.9 Å². The van der Waals surface area contributed by atoms with Gasteiger partial charge in [-0.15, -0.1) is 0 Å². The number of rotatable bonds is 6. The van der Waals surface area contributed by atoms with Gasteiger partial charge in [0.1, 0.15) is 11.9 Å². The fourth-order valence-corrected chi connectivity index (χ4v) is 4.05. The van der Waals surface area contributed by atoms with Gasteiger partial charge in [-0.25, -0.2) is 4.98 Å². The Bertz CT molecular complexity index is 976. The van der Waals surface area contributed by atoms with E-state index in [2.05, 4.69) is 9.88 Å². The fraction of sp³-hybridized carbons (Fsp3) is 0.333. The molecular weight excluding hydrogens is 397 g/mol. The molecule has 1 aliphatic heterocycles. The van der Waals surface area contributed by atoms with Gasteiger partial charge in [0.05, 0.1) is 17.6 Å². The summed E-state index contributed by atoms with van der Waals surface area (Å²) in [6.07, 6.45) is 2.01. The molecule has 4 rings (SSSR count). The highest BCUT2D eigenvalue weighted by atomic mass is 35.5. The SMILES string of the molecule is O=C(NCCc1nc2ccccc2n1Cc1c(Cl)cccc1Cl)C1CCCO1. The largest absolute Gasteiger partial charge is 0.368 e. The third kappa shape index (κ3) is 4.02. The Morgan fingerprint density at radius 3 is 2.71 bits per heavy atom. The second kappa shape index (κ2) is 8.52. The van der Waals surface area contributed by atoms with E-state index in [4.69, 9.17) is 32.9 Å². The molecular formula is C21H21Cl2N3O2. The normalized spacial score (nSPS) is 16.6. The lowest BCUT2D eigenvalue weighted by Gasteiger charge is -2.13. The van der Waals surface area contributed by atoms with Crippen molar-refractivity contribution in [2.75, 3.05) is 13.2 Å². The molecule has 28 heavy (non-hydrogen) atoms. The van der Waals surface area contributed by atoms with E-state index in [9.17, 15) is 4.79 Å². The number of aromatic nitrogens is 2. The van der Waals surface area contributed by atoms with E-state index in [0.717, 1.165) is 35.3 Å². The van der Waals surface area contributed by atoms with Crippen molar-refractivity contribution in [3.8, 4) is 0 Å². The van der Waals surface area contributed by atoms with Crippen LogP contribution in [0.4, 0.5) is 0 Å². The van der Waals surface area contributed by atoms with Crippen molar-refractivity contribution in [2.24, 2.45) is 0 Å². The summed E-state index contributed by atoms with van der Waals surface area (Å²) in [5.74, 6) is 0.833. The van der Waals surface area contributed by atoms with Gasteiger partial charge in [-0.3, -0.25) is 4.79 Å². The third-order valence-electron chi connectivity index (χ3n) is 4.98. The average Bonchev–Trinajstić information content (AvgIpc) is 3.33. The molecule has 1 saturated heterocycles. The fourth-order valence-electron chi connectivity index (χ4n) is 3.53. The maximum atomic E-state index is 12.2. The topological polar surface area (TPSA) is 56.2 Å². The molecule has 0 bridgehead atoms. The molecule has 0 radical (unpaired) electrons. The predicted octanol–water partition coefficient (Wildman–Crippen LogP) is 4.23. The molecule has 1 amide bonds. The first-order valence-electron chi connectivity index (χ1n) is 9.40. The van der Waals surface area contributed by atoms with E-state index in [1.54, 1.807) is 0 Å². The zero-order chi connectivity index (χ0) is 19.5. The maximum Gasteiger partial charge on any atom is 0.249 e. The molecule has 0 saturated carbocycles. The van der Waals surface area contributed by atoms with Crippen LogP contribution in [-0.4, -0.2) is 34.7 Å². The Morgan fingerprint density at radius 2 is 1.96 bits per heavy atom. The van der Waals surface area contributed by atoms with Gasteiger partial charge >= 0.3 is 0 Å². The minimum absolute atomic E-state index is 0.0469. The van der Waals surface area contributed by atoms with Crippen LogP contribution < -0.4 is 5.32 Å². The van der Waals surface area contributed by atoms with Crippen LogP contribution >= 0.6 is 23.2 Å². The Hall–Kier alpha value is -2.08. The molecule has 1 aromatic heterocycles. The summed E-state index contributed by atoms with van der Waals surface area (Å²) in [5.41, 5.74) is 2.78. The van der Waals surface area contributed by atoms with Crippen molar-refractivity contribution in [3.05, 3.63) is 63.9 Å². The number of hydrogen-bond donors (Lipinski definition) is 1. The van der Waals surface area contributed by atoms with Crippen molar-refractivity contribution in [1.82, 2.24) is 14.9 Å². The van der Waals surface area contributed by atoms with Crippen LogP contribution in [0.15, 0.2) is 42.5 Å². The Morgan fingerprint density at radius 1 is 1.18 bits per heavy atom. The number of nitrogens with one attached hydrogen (secondary N) is 1. The molecule has 146 valence electrons. The highest BCUT2D eigenvalue weighted by Gasteiger charge is 2.23. The molecule has 3 aromatic rings. The van der Waals surface area contributed by atoms with Gasteiger partial charge in [-0.05, 0) is 37.1 Å². The van der Waals surface area contributed by atoms with Crippen LogP contribution in [-0.2, 0) is 22.5 Å². The van der Waals surface area contributed by atoms with Crippen LogP contribution in [0.2, 0.25) is 10.0 Å². The Labute approximate surface area is 173 Å². The summed E-state index contributed by atoms with van der Waals surface area (Å²) < 4.78 is 7.54. The number of amides is 1. The van der Waals surface area contributed by atoms with E-state index in [1.165, 1.54) is 0 Å². The van der Waals surface area contributed by atoms with Crippen molar-refractivity contribution in [3.63, 3.8) is 0 Å². The van der Waals surface area contributed by atoms with Crippen molar-refractivity contribution in [1.29, 1.82) is 0 Å². The lowest BCUT2D eigenvalue weighted by molar-refractivity contribution is -0.130. The van der Waals surface area contributed by atoms with Gasteiger partial charge < -0.3 is 14.6 Å². The van der Waals surface area contributed by atoms with Crippen LogP contribution in [0.3, 0.4) is 0 Å². The molecule has 1 aliphatic rings. The third-order valence-corrected chi connectivity index (χ3v) is 5.69. The minimum atomic E-state index is -0.319. The maximum absolute atomic E-state index is 12.2. The van der Waals surface area contributed by atoms with E-state index in [-0.39, 0.29) is 12.0 Å². The molecule has 0 aliphatic carbocycles. The Balaban J connectivity index is 1.56. The summed E-state index contributed by atoms with van der Waals surface area (Å²) in [7, 11) is 0. The van der Waals surface area contributed by atoms with E-state index in [1.807, 2.05) is 42.5 Å². The quantitative estimate of drug-likeness (QED) is 0.652. The van der Waals surface area contributed by atoms with Crippen LogP contribution in [0.25, 0.3) is 11.0 Å². The van der Waals surface area contributed by atoms with Crippen LogP contribution in [0.1, 0.15) is 24.2 Å². The molecule has 5 nitrogen and oxygen atoms in total. The van der Waals surface area contributed by atoms with E-state index >= 15 is 0 Å². The molecule has 1 unspecified atom stereocenters. The molecule has 7 heteroatoms. The molecule has 1 fully saturated rings. The lowest BCUT2D eigenvalue weighted by Crippen LogP contribution is -2.35. The summed E-state index contributed by atoms with van der Waals surface area (Å²) in [4.78, 5) is 16.9. The number of hydrogen-bond acceptors (Lipinski definition) is 3. The second-order valence-corrected chi connectivity index (χ2v) is 7.66. The first-order chi connectivity index (χ1) is 13.6. The van der Waals surface area contributed by atoms with E-state index in [0.29, 0.717) is 36.2 Å². The summed E-state index contributed by atoms with van der Waals surface area (Å²) in [5, 5.41) is 4.22. The zero-order valence-electron chi connectivity index (χ0n) is 15.3. The Kier molecular flexibility index (Phi) is 5.85. The van der Waals surface area contributed by atoms with Crippen LogP contribution in [0.5, 0.6) is 0 Å². The number of imidazole rings is 1. The zero-order valence-corrected chi connectivity index (χ0v) is 16.8. The number of ether oxygens (including phenoxy) is 1. The molecule has 2 heterocycles. The highest BCUT2D eigenvalue weighted by molar-refractivity contribution is 6.36. The number of para-hydroxylation sites is 2.